The number of hydrogen-bond acceptors (Lipinski definition) is 8. The van der Waals surface area contributed by atoms with E-state index in [0.717, 1.165) is 0 Å². The molecule has 9 heteroatoms. The predicted molar refractivity (Wildman–Crippen MR) is 80.1 cm³/mol. The van der Waals surface area contributed by atoms with Crippen molar-refractivity contribution in [2.24, 2.45) is 0 Å². The summed E-state index contributed by atoms with van der Waals surface area (Å²) in [7, 11) is 4.19. The molecule has 0 aliphatic carbocycles. The van der Waals surface area contributed by atoms with Gasteiger partial charge < -0.3 is 18.9 Å². The van der Waals surface area contributed by atoms with Crippen molar-refractivity contribution >= 4 is 17.6 Å². The lowest BCUT2D eigenvalue weighted by Gasteiger charge is -2.10. The van der Waals surface area contributed by atoms with Crippen LogP contribution in [-0.2, 0) is 11.3 Å². The average molecular weight is 340 g/mol. The van der Waals surface area contributed by atoms with Gasteiger partial charge in [-0.25, -0.2) is 9.78 Å². The van der Waals surface area contributed by atoms with Gasteiger partial charge in [-0.2, -0.15) is 9.97 Å². The zero-order valence-corrected chi connectivity index (χ0v) is 13.5. The Balaban J connectivity index is 2.25. The highest BCUT2D eigenvalue weighted by Gasteiger charge is 2.19. The first-order chi connectivity index (χ1) is 11.1. The third kappa shape index (κ3) is 3.98. The van der Waals surface area contributed by atoms with Crippen molar-refractivity contribution in [2.75, 3.05) is 21.3 Å². The van der Waals surface area contributed by atoms with Crippen LogP contribution in [0.25, 0.3) is 0 Å². The van der Waals surface area contributed by atoms with Gasteiger partial charge in [-0.15, -0.1) is 0 Å². The van der Waals surface area contributed by atoms with E-state index < -0.39 is 5.97 Å². The topological polar surface area (TPSA) is 92.7 Å². The fourth-order valence-corrected chi connectivity index (χ4v) is 1.89. The average Bonchev–Trinajstić information content (AvgIpc) is 2.58. The lowest BCUT2D eigenvalue weighted by atomic mass is 10.3. The van der Waals surface area contributed by atoms with Gasteiger partial charge in [-0.1, -0.05) is 11.6 Å². The molecule has 23 heavy (non-hydrogen) atoms. The summed E-state index contributed by atoms with van der Waals surface area (Å²) in [5.41, 5.74) is 0.0338. The highest BCUT2D eigenvalue weighted by Crippen LogP contribution is 2.25. The molecule has 0 fully saturated rings. The van der Waals surface area contributed by atoms with Crippen LogP contribution in [0.2, 0.25) is 5.02 Å². The van der Waals surface area contributed by atoms with Gasteiger partial charge in [0.05, 0.1) is 32.4 Å². The highest BCUT2D eigenvalue weighted by atomic mass is 35.5. The Morgan fingerprint density at radius 2 is 1.83 bits per heavy atom. The fraction of sp³-hybridized carbons (Fsp3) is 0.286. The van der Waals surface area contributed by atoms with Crippen LogP contribution in [0.1, 0.15) is 16.2 Å². The van der Waals surface area contributed by atoms with E-state index in [1.807, 2.05) is 0 Å². The van der Waals surface area contributed by atoms with Crippen LogP contribution >= 0.6 is 11.6 Å². The van der Waals surface area contributed by atoms with Crippen molar-refractivity contribution in [2.45, 2.75) is 6.61 Å². The molecule has 2 heterocycles. The summed E-state index contributed by atoms with van der Waals surface area (Å²) in [5.74, 6) is 0.307. The van der Waals surface area contributed by atoms with E-state index in [4.69, 9.17) is 25.8 Å². The number of carbonyl (C=O) groups is 1. The van der Waals surface area contributed by atoms with Gasteiger partial charge in [0.15, 0.2) is 5.82 Å². The van der Waals surface area contributed by atoms with Crippen LogP contribution in [0.15, 0.2) is 18.3 Å². The Morgan fingerprint density at radius 3 is 2.39 bits per heavy atom. The molecule has 2 aromatic heterocycles. The van der Waals surface area contributed by atoms with E-state index in [9.17, 15) is 4.79 Å². The zero-order chi connectivity index (χ0) is 16.8. The van der Waals surface area contributed by atoms with E-state index in [0.29, 0.717) is 17.6 Å². The molecule has 0 radical (unpaired) electrons. The maximum atomic E-state index is 11.8. The van der Waals surface area contributed by atoms with Gasteiger partial charge in [0, 0.05) is 6.20 Å². The molecule has 0 bridgehead atoms. The van der Waals surface area contributed by atoms with E-state index in [2.05, 4.69) is 19.7 Å². The summed E-state index contributed by atoms with van der Waals surface area (Å²) < 4.78 is 20.3. The van der Waals surface area contributed by atoms with Gasteiger partial charge in [-0.05, 0) is 6.07 Å². The SMILES string of the molecule is COC(=O)c1c(Cl)ccnc1OCc1nc(OC)cc(OC)n1. The quantitative estimate of drug-likeness (QED) is 0.737. The van der Waals surface area contributed by atoms with Gasteiger partial charge in [0.25, 0.3) is 0 Å². The summed E-state index contributed by atoms with van der Waals surface area (Å²) in [4.78, 5) is 24.0. The van der Waals surface area contributed by atoms with E-state index >= 15 is 0 Å². The molecule has 8 nitrogen and oxygen atoms in total. The number of halogens is 1. The third-order valence-corrected chi connectivity index (χ3v) is 3.05. The van der Waals surface area contributed by atoms with Crippen molar-refractivity contribution in [3.63, 3.8) is 0 Å². The number of rotatable bonds is 6. The van der Waals surface area contributed by atoms with Crippen molar-refractivity contribution < 1.29 is 23.7 Å². The Bertz CT molecular complexity index is 689. The molecule has 0 amide bonds. The molecule has 0 aromatic carbocycles. The Kier molecular flexibility index (Phi) is 5.53. The van der Waals surface area contributed by atoms with Crippen molar-refractivity contribution in [3.8, 4) is 17.6 Å². The van der Waals surface area contributed by atoms with E-state index in [-0.39, 0.29) is 23.1 Å². The first-order valence-electron chi connectivity index (χ1n) is 6.40. The summed E-state index contributed by atoms with van der Waals surface area (Å²) >= 11 is 5.99. The molecular formula is C14H14ClN3O5. The summed E-state index contributed by atoms with van der Waals surface area (Å²) in [6, 6.07) is 2.99. The van der Waals surface area contributed by atoms with Crippen LogP contribution in [0.3, 0.4) is 0 Å². The van der Waals surface area contributed by atoms with Gasteiger partial charge in [-0.3, -0.25) is 0 Å². The molecule has 2 rings (SSSR count). The molecule has 0 N–H and O–H groups in total. The van der Waals surface area contributed by atoms with Crippen LogP contribution in [0, 0.1) is 0 Å². The second kappa shape index (κ2) is 7.59. The van der Waals surface area contributed by atoms with E-state index in [1.54, 1.807) is 0 Å². The number of hydrogen-bond donors (Lipinski definition) is 0. The lowest BCUT2D eigenvalue weighted by molar-refractivity contribution is 0.0594. The molecule has 0 atom stereocenters. The maximum absolute atomic E-state index is 11.8. The lowest BCUT2D eigenvalue weighted by Crippen LogP contribution is -2.10. The largest absolute Gasteiger partial charge is 0.481 e. The molecule has 0 spiro atoms. The molecule has 0 aliphatic rings. The first-order valence-corrected chi connectivity index (χ1v) is 6.78. The molecule has 122 valence electrons. The Hall–Kier alpha value is -2.61. The van der Waals surface area contributed by atoms with Crippen LogP contribution in [0.5, 0.6) is 17.6 Å². The third-order valence-electron chi connectivity index (χ3n) is 2.74. The summed E-state index contributed by atoms with van der Waals surface area (Å²) in [6.07, 6.45) is 1.41. The van der Waals surface area contributed by atoms with Crippen LogP contribution in [0.4, 0.5) is 0 Å². The van der Waals surface area contributed by atoms with Crippen molar-refractivity contribution in [1.82, 2.24) is 15.0 Å². The molecule has 0 saturated carbocycles. The molecule has 2 aromatic rings. The van der Waals surface area contributed by atoms with E-state index in [1.165, 1.54) is 39.7 Å². The number of pyridine rings is 1. The number of methoxy groups -OCH3 is 3. The van der Waals surface area contributed by atoms with Crippen molar-refractivity contribution in [3.05, 3.63) is 34.7 Å². The molecule has 0 aliphatic heterocycles. The minimum Gasteiger partial charge on any atom is -0.481 e. The van der Waals surface area contributed by atoms with Crippen molar-refractivity contribution in [1.29, 1.82) is 0 Å². The summed E-state index contributed by atoms with van der Waals surface area (Å²) in [5, 5.41) is 0.172. The number of carbonyl (C=O) groups excluding carboxylic acids is 1. The second-order valence-electron chi connectivity index (χ2n) is 4.12. The molecular weight excluding hydrogens is 326 g/mol. The minimum atomic E-state index is -0.651. The second-order valence-corrected chi connectivity index (χ2v) is 4.53. The zero-order valence-electron chi connectivity index (χ0n) is 12.7. The molecule has 0 saturated heterocycles. The predicted octanol–water partition coefficient (Wildman–Crippen LogP) is 1.91. The Labute approximate surface area is 137 Å². The van der Waals surface area contributed by atoms with Gasteiger partial charge >= 0.3 is 5.97 Å². The minimum absolute atomic E-state index is 0.0229. The smallest absolute Gasteiger partial charge is 0.344 e. The first kappa shape index (κ1) is 16.8. The van der Waals surface area contributed by atoms with Gasteiger partial charge in [0.1, 0.15) is 12.2 Å². The Morgan fingerprint density at radius 1 is 1.17 bits per heavy atom. The van der Waals surface area contributed by atoms with Crippen LogP contribution in [-0.4, -0.2) is 42.3 Å². The number of nitrogens with zero attached hydrogens (tertiary/aromatic N) is 3. The monoisotopic (exact) mass is 339 g/mol. The number of ether oxygens (including phenoxy) is 4. The molecule has 0 unspecified atom stereocenters. The normalized spacial score (nSPS) is 10.1. The summed E-state index contributed by atoms with van der Waals surface area (Å²) in [6.45, 7) is -0.0646. The number of esters is 1. The highest BCUT2D eigenvalue weighted by molar-refractivity contribution is 6.33. The maximum Gasteiger partial charge on any atom is 0.344 e. The number of aromatic nitrogens is 3. The standard InChI is InChI=1S/C14H14ClN3O5/c1-20-10-6-11(21-2)18-9(17-10)7-23-13-12(14(19)22-3)8(15)4-5-16-13/h4-6H,7H2,1-3H3. The van der Waals surface area contributed by atoms with Crippen LogP contribution < -0.4 is 14.2 Å². The fourth-order valence-electron chi connectivity index (χ4n) is 1.67. The van der Waals surface area contributed by atoms with Gasteiger partial charge in [0.2, 0.25) is 17.6 Å².